The van der Waals surface area contributed by atoms with Crippen molar-refractivity contribution in [1.82, 2.24) is 5.32 Å². The van der Waals surface area contributed by atoms with Crippen LogP contribution in [-0.4, -0.2) is 54.1 Å². The SMILES string of the molecule is COC(=O)[C@@H]1C[C@@](C)(CO)C(C#N)N1.O=C(O)C(F)(F)F. The topological polar surface area (TPSA) is 120 Å². The molecule has 1 fully saturated rings. The number of nitriles is 1. The quantitative estimate of drug-likeness (QED) is 0.616. The number of carbonyl (C=O) groups excluding carboxylic acids is 1. The van der Waals surface area contributed by atoms with Crippen molar-refractivity contribution in [3.63, 3.8) is 0 Å². The summed E-state index contributed by atoms with van der Waals surface area (Å²) < 4.78 is 36.3. The number of methoxy groups -OCH3 is 1. The molecule has 0 radical (unpaired) electrons. The summed E-state index contributed by atoms with van der Waals surface area (Å²) in [5.74, 6) is -3.14. The number of alkyl halides is 3. The molecule has 10 heteroatoms. The van der Waals surface area contributed by atoms with Crippen molar-refractivity contribution in [3.8, 4) is 6.07 Å². The molecule has 0 aromatic heterocycles. The Morgan fingerprint density at radius 3 is 2.24 bits per heavy atom. The van der Waals surface area contributed by atoms with E-state index in [1.54, 1.807) is 6.92 Å². The zero-order chi connectivity index (χ0) is 16.8. The van der Waals surface area contributed by atoms with Gasteiger partial charge < -0.3 is 14.9 Å². The zero-order valence-electron chi connectivity index (χ0n) is 11.3. The van der Waals surface area contributed by atoms with Gasteiger partial charge in [0.15, 0.2) is 0 Å². The van der Waals surface area contributed by atoms with Crippen LogP contribution < -0.4 is 5.32 Å². The third kappa shape index (κ3) is 5.20. The summed E-state index contributed by atoms with van der Waals surface area (Å²) in [5.41, 5.74) is -0.562. The van der Waals surface area contributed by atoms with E-state index in [0.717, 1.165) is 0 Å². The number of carbonyl (C=O) groups is 2. The van der Waals surface area contributed by atoms with Crippen LogP contribution in [0.25, 0.3) is 0 Å². The lowest BCUT2D eigenvalue weighted by molar-refractivity contribution is -0.192. The van der Waals surface area contributed by atoms with E-state index in [4.69, 9.17) is 20.3 Å². The number of ether oxygens (including phenoxy) is 1. The molecule has 1 rings (SSSR count). The minimum Gasteiger partial charge on any atom is -0.475 e. The molecule has 0 aromatic rings. The Kier molecular flexibility index (Phi) is 6.59. The van der Waals surface area contributed by atoms with Gasteiger partial charge in [-0.25, -0.2) is 4.79 Å². The first-order valence-electron chi connectivity index (χ1n) is 5.66. The zero-order valence-corrected chi connectivity index (χ0v) is 11.3. The second-order valence-corrected chi connectivity index (χ2v) is 4.62. The molecule has 0 spiro atoms. The van der Waals surface area contributed by atoms with E-state index < -0.39 is 29.6 Å². The Balaban J connectivity index is 0.000000486. The summed E-state index contributed by atoms with van der Waals surface area (Å²) in [7, 11) is 1.31. The third-order valence-corrected chi connectivity index (χ3v) is 2.95. The Hall–Kier alpha value is -1.86. The molecule has 21 heavy (non-hydrogen) atoms. The minimum atomic E-state index is -5.08. The van der Waals surface area contributed by atoms with Crippen LogP contribution in [0.4, 0.5) is 13.2 Å². The molecule has 0 saturated carbocycles. The number of nitrogens with one attached hydrogen (secondary N) is 1. The van der Waals surface area contributed by atoms with Crippen LogP contribution in [0.2, 0.25) is 0 Å². The average Bonchev–Trinajstić information content (AvgIpc) is 2.75. The highest BCUT2D eigenvalue weighted by Crippen LogP contribution is 2.33. The summed E-state index contributed by atoms with van der Waals surface area (Å²) in [6.45, 7) is 1.66. The van der Waals surface area contributed by atoms with Crippen LogP contribution in [0, 0.1) is 16.7 Å². The van der Waals surface area contributed by atoms with Gasteiger partial charge in [-0.3, -0.25) is 10.1 Å². The standard InChI is InChI=1S/C9H14N2O3.C2HF3O2/c1-9(5-12)3-6(8(13)14-2)11-7(9)4-10;3-2(4,5)1(6)7/h6-7,11-12H,3,5H2,1-2H3;(H,6,7)/t6-,7?,9-;/m0./s1. The van der Waals surface area contributed by atoms with E-state index >= 15 is 0 Å². The molecule has 1 aliphatic heterocycles. The van der Waals surface area contributed by atoms with E-state index in [1.165, 1.54) is 7.11 Å². The summed E-state index contributed by atoms with van der Waals surface area (Å²) in [5, 5.41) is 27.9. The van der Waals surface area contributed by atoms with Gasteiger partial charge in [-0.05, 0) is 6.42 Å². The molecule has 0 aromatic carbocycles. The first kappa shape index (κ1) is 19.1. The average molecular weight is 312 g/mol. The van der Waals surface area contributed by atoms with E-state index in [1.807, 2.05) is 6.07 Å². The van der Waals surface area contributed by atoms with Gasteiger partial charge >= 0.3 is 18.1 Å². The number of halogens is 3. The van der Waals surface area contributed by atoms with Crippen LogP contribution in [0.5, 0.6) is 0 Å². The number of aliphatic carboxylic acids is 1. The molecule has 1 heterocycles. The fourth-order valence-corrected chi connectivity index (χ4v) is 1.69. The lowest BCUT2D eigenvalue weighted by Gasteiger charge is -2.22. The first-order valence-corrected chi connectivity index (χ1v) is 5.66. The fourth-order valence-electron chi connectivity index (χ4n) is 1.69. The highest BCUT2D eigenvalue weighted by atomic mass is 19.4. The van der Waals surface area contributed by atoms with Crippen molar-refractivity contribution in [3.05, 3.63) is 0 Å². The van der Waals surface area contributed by atoms with Crippen LogP contribution in [0.3, 0.4) is 0 Å². The second kappa shape index (κ2) is 7.24. The van der Waals surface area contributed by atoms with E-state index in [-0.39, 0.29) is 12.6 Å². The number of hydrogen-bond acceptors (Lipinski definition) is 6. The minimum absolute atomic E-state index is 0.119. The van der Waals surface area contributed by atoms with Gasteiger partial charge in [0.2, 0.25) is 0 Å². The summed E-state index contributed by atoms with van der Waals surface area (Å²) in [4.78, 5) is 20.1. The summed E-state index contributed by atoms with van der Waals surface area (Å²) in [6.07, 6.45) is -4.66. The molecule has 3 atom stereocenters. The highest BCUT2D eigenvalue weighted by molar-refractivity contribution is 5.76. The molecule has 1 saturated heterocycles. The molecule has 3 N–H and O–H groups in total. The van der Waals surface area contributed by atoms with Gasteiger partial charge in [-0.2, -0.15) is 18.4 Å². The number of aliphatic hydroxyl groups excluding tert-OH is 1. The Bertz CT molecular complexity index is 435. The van der Waals surface area contributed by atoms with Gasteiger partial charge in [0.25, 0.3) is 0 Å². The molecule has 120 valence electrons. The van der Waals surface area contributed by atoms with Gasteiger partial charge in [-0.1, -0.05) is 6.92 Å². The van der Waals surface area contributed by atoms with Crippen molar-refractivity contribution < 1.29 is 37.7 Å². The van der Waals surface area contributed by atoms with Crippen molar-refractivity contribution in [2.24, 2.45) is 5.41 Å². The number of aliphatic hydroxyl groups is 1. The molecular weight excluding hydrogens is 297 g/mol. The molecular formula is C11H15F3N2O5. The van der Waals surface area contributed by atoms with Crippen molar-refractivity contribution >= 4 is 11.9 Å². The Morgan fingerprint density at radius 2 is 2.00 bits per heavy atom. The van der Waals surface area contributed by atoms with Crippen molar-refractivity contribution in [1.29, 1.82) is 5.26 Å². The van der Waals surface area contributed by atoms with Crippen LogP contribution in [0.15, 0.2) is 0 Å². The third-order valence-electron chi connectivity index (χ3n) is 2.95. The van der Waals surface area contributed by atoms with Gasteiger partial charge in [0, 0.05) is 5.41 Å². The van der Waals surface area contributed by atoms with Gasteiger partial charge in [0.05, 0.1) is 19.8 Å². The lowest BCUT2D eigenvalue weighted by atomic mass is 9.83. The highest BCUT2D eigenvalue weighted by Gasteiger charge is 2.46. The van der Waals surface area contributed by atoms with Crippen LogP contribution in [-0.2, 0) is 14.3 Å². The van der Waals surface area contributed by atoms with E-state index in [2.05, 4.69) is 10.1 Å². The number of carboxylic acid groups (broad SMARTS) is 1. The number of nitrogens with zero attached hydrogens (tertiary/aromatic N) is 1. The predicted molar refractivity (Wildman–Crippen MR) is 61.8 cm³/mol. The molecule has 1 unspecified atom stereocenters. The lowest BCUT2D eigenvalue weighted by Crippen LogP contribution is -2.38. The fraction of sp³-hybridized carbons (Fsp3) is 0.727. The summed E-state index contributed by atoms with van der Waals surface area (Å²) in [6, 6.07) is 1.05. The number of esters is 1. The molecule has 0 amide bonds. The Morgan fingerprint density at radius 1 is 1.52 bits per heavy atom. The summed E-state index contributed by atoms with van der Waals surface area (Å²) >= 11 is 0. The Labute approximate surface area is 118 Å². The molecule has 0 aliphatic carbocycles. The smallest absolute Gasteiger partial charge is 0.475 e. The second-order valence-electron chi connectivity index (χ2n) is 4.62. The monoisotopic (exact) mass is 312 g/mol. The molecule has 0 bridgehead atoms. The number of hydrogen-bond donors (Lipinski definition) is 3. The van der Waals surface area contributed by atoms with Crippen molar-refractivity contribution in [2.45, 2.75) is 31.6 Å². The first-order chi connectivity index (χ1) is 9.51. The van der Waals surface area contributed by atoms with Gasteiger partial charge in [0.1, 0.15) is 12.1 Å². The number of rotatable bonds is 2. The largest absolute Gasteiger partial charge is 0.490 e. The van der Waals surface area contributed by atoms with Gasteiger partial charge in [-0.15, -0.1) is 0 Å². The molecule has 1 aliphatic rings. The maximum atomic E-state index is 11.2. The van der Waals surface area contributed by atoms with Crippen LogP contribution in [0.1, 0.15) is 13.3 Å². The van der Waals surface area contributed by atoms with E-state index in [9.17, 15) is 18.0 Å². The maximum Gasteiger partial charge on any atom is 0.490 e. The predicted octanol–water partition coefficient (Wildman–Crippen LogP) is 0.0454. The normalized spacial score (nSPS) is 28.0. The van der Waals surface area contributed by atoms with E-state index in [0.29, 0.717) is 6.42 Å². The maximum absolute atomic E-state index is 11.2. The number of carboxylic acids is 1. The molecule has 7 nitrogen and oxygen atoms in total. The van der Waals surface area contributed by atoms with Crippen LogP contribution >= 0.6 is 0 Å². The van der Waals surface area contributed by atoms with Crippen molar-refractivity contribution in [2.75, 3.05) is 13.7 Å².